The Morgan fingerprint density at radius 3 is 2.26 bits per heavy atom. The van der Waals surface area contributed by atoms with E-state index in [-0.39, 0.29) is 17.5 Å². The molecule has 3 heteroatoms. The standard InChI is InChI=1S/C24H19F3/c1-2-15-3-10-20(23(26)13-15)17-6-12-22-18(14-17)7-11-21(24(22)27)16-4-8-19(25)9-5-16/h3-5,7-11,13-14H,2,6,12H2,1H3. The predicted molar refractivity (Wildman–Crippen MR) is 104 cm³/mol. The van der Waals surface area contributed by atoms with Crippen molar-refractivity contribution in [2.24, 2.45) is 0 Å². The number of hydrogen-bond acceptors (Lipinski definition) is 0. The van der Waals surface area contributed by atoms with Gasteiger partial charge >= 0.3 is 0 Å². The molecule has 0 N–H and O–H groups in total. The van der Waals surface area contributed by atoms with E-state index < -0.39 is 0 Å². The first-order chi connectivity index (χ1) is 13.1. The third-order valence-electron chi connectivity index (χ3n) is 5.20. The summed E-state index contributed by atoms with van der Waals surface area (Å²) in [6, 6.07) is 14.7. The van der Waals surface area contributed by atoms with Crippen molar-refractivity contribution in [1.29, 1.82) is 0 Å². The molecule has 3 aromatic carbocycles. The summed E-state index contributed by atoms with van der Waals surface area (Å²) in [5.41, 5.74) is 4.95. The van der Waals surface area contributed by atoms with Crippen molar-refractivity contribution < 1.29 is 13.2 Å². The fraction of sp³-hybridized carbons (Fsp3) is 0.167. The Morgan fingerprint density at radius 2 is 1.56 bits per heavy atom. The van der Waals surface area contributed by atoms with Gasteiger partial charge < -0.3 is 0 Å². The summed E-state index contributed by atoms with van der Waals surface area (Å²) in [6.45, 7) is 1.99. The zero-order valence-corrected chi connectivity index (χ0v) is 15.0. The molecule has 1 aliphatic carbocycles. The highest BCUT2D eigenvalue weighted by molar-refractivity contribution is 5.85. The fourth-order valence-electron chi connectivity index (χ4n) is 3.65. The largest absolute Gasteiger partial charge is 0.207 e. The maximum absolute atomic E-state index is 15.1. The van der Waals surface area contributed by atoms with Gasteiger partial charge in [0, 0.05) is 11.1 Å². The minimum atomic E-state index is -0.346. The molecule has 0 heterocycles. The van der Waals surface area contributed by atoms with Crippen molar-refractivity contribution in [3.8, 4) is 11.1 Å². The molecule has 0 radical (unpaired) electrons. The monoisotopic (exact) mass is 364 g/mol. The van der Waals surface area contributed by atoms with Crippen LogP contribution in [0.1, 0.15) is 35.6 Å². The summed E-state index contributed by atoms with van der Waals surface area (Å²) in [7, 11) is 0. The number of rotatable bonds is 3. The van der Waals surface area contributed by atoms with Crippen LogP contribution in [0.4, 0.5) is 13.2 Å². The van der Waals surface area contributed by atoms with Crippen LogP contribution in [-0.2, 0) is 12.8 Å². The van der Waals surface area contributed by atoms with Gasteiger partial charge in [0.05, 0.1) is 0 Å². The van der Waals surface area contributed by atoms with Gasteiger partial charge in [0.1, 0.15) is 17.5 Å². The Bertz CT molecular complexity index is 1030. The van der Waals surface area contributed by atoms with Crippen molar-refractivity contribution in [2.75, 3.05) is 0 Å². The van der Waals surface area contributed by atoms with Crippen LogP contribution < -0.4 is 0 Å². The summed E-state index contributed by atoms with van der Waals surface area (Å²) < 4.78 is 42.6. The second-order valence-electron chi connectivity index (χ2n) is 6.84. The summed E-state index contributed by atoms with van der Waals surface area (Å²) in [5, 5.41) is 0. The molecule has 0 unspecified atom stereocenters. The van der Waals surface area contributed by atoms with Crippen LogP contribution in [0.25, 0.3) is 22.8 Å². The summed E-state index contributed by atoms with van der Waals surface area (Å²) in [4.78, 5) is 0. The van der Waals surface area contributed by atoms with E-state index in [9.17, 15) is 8.78 Å². The van der Waals surface area contributed by atoms with E-state index in [2.05, 4.69) is 0 Å². The van der Waals surface area contributed by atoms with Crippen LogP contribution >= 0.6 is 0 Å². The van der Waals surface area contributed by atoms with E-state index >= 15 is 4.39 Å². The maximum Gasteiger partial charge on any atom is 0.134 e. The van der Waals surface area contributed by atoms with Crippen molar-refractivity contribution in [3.05, 3.63) is 94.3 Å². The highest BCUT2D eigenvalue weighted by Gasteiger charge is 2.20. The molecule has 0 atom stereocenters. The Balaban J connectivity index is 1.73. The van der Waals surface area contributed by atoms with Gasteiger partial charge in [-0.05, 0) is 65.3 Å². The Morgan fingerprint density at radius 1 is 0.815 bits per heavy atom. The molecule has 0 saturated heterocycles. The van der Waals surface area contributed by atoms with Gasteiger partial charge in [-0.1, -0.05) is 49.4 Å². The van der Waals surface area contributed by atoms with E-state index in [1.807, 2.05) is 31.2 Å². The molecule has 0 bridgehead atoms. The lowest BCUT2D eigenvalue weighted by Gasteiger charge is -2.20. The molecular weight excluding hydrogens is 345 g/mol. The molecule has 0 fully saturated rings. The van der Waals surface area contributed by atoms with E-state index in [4.69, 9.17) is 0 Å². The number of fused-ring (bicyclic) bond motifs is 1. The molecule has 136 valence electrons. The quantitative estimate of drug-likeness (QED) is 0.478. The molecule has 0 amide bonds. The smallest absolute Gasteiger partial charge is 0.134 e. The van der Waals surface area contributed by atoms with Crippen LogP contribution in [0.2, 0.25) is 0 Å². The van der Waals surface area contributed by atoms with Gasteiger partial charge in [0.2, 0.25) is 0 Å². The normalized spacial score (nSPS) is 13.3. The number of halogens is 3. The van der Waals surface area contributed by atoms with Crippen LogP contribution in [0, 0.1) is 17.5 Å². The topological polar surface area (TPSA) is 0 Å². The summed E-state index contributed by atoms with van der Waals surface area (Å²) in [6.07, 6.45) is 3.76. The molecule has 0 spiro atoms. The second-order valence-corrected chi connectivity index (χ2v) is 6.84. The average molecular weight is 364 g/mol. The first-order valence-corrected chi connectivity index (χ1v) is 9.13. The van der Waals surface area contributed by atoms with Gasteiger partial charge in [-0.25, -0.2) is 13.2 Å². The molecule has 0 aliphatic heterocycles. The highest BCUT2D eigenvalue weighted by atomic mass is 19.1. The van der Waals surface area contributed by atoms with Gasteiger partial charge in [0.25, 0.3) is 0 Å². The predicted octanol–water partition coefficient (Wildman–Crippen LogP) is 6.82. The summed E-state index contributed by atoms with van der Waals surface area (Å²) in [5.74, 6) is -0.857. The Hall–Kier alpha value is -2.81. The molecule has 1 aliphatic rings. The van der Waals surface area contributed by atoms with Crippen molar-refractivity contribution in [3.63, 3.8) is 0 Å². The average Bonchev–Trinajstić information content (AvgIpc) is 2.69. The van der Waals surface area contributed by atoms with Gasteiger partial charge in [-0.3, -0.25) is 0 Å². The van der Waals surface area contributed by atoms with Crippen LogP contribution in [0.5, 0.6) is 0 Å². The maximum atomic E-state index is 15.1. The van der Waals surface area contributed by atoms with Gasteiger partial charge in [-0.2, -0.15) is 0 Å². The molecule has 4 rings (SSSR count). The minimum absolute atomic E-state index is 0.229. The van der Waals surface area contributed by atoms with E-state index in [0.29, 0.717) is 35.1 Å². The third-order valence-corrected chi connectivity index (χ3v) is 5.20. The van der Waals surface area contributed by atoms with Gasteiger partial charge in [0.15, 0.2) is 0 Å². The number of hydrogen-bond donors (Lipinski definition) is 0. The second kappa shape index (κ2) is 7.07. The van der Waals surface area contributed by atoms with Crippen molar-refractivity contribution >= 4 is 11.6 Å². The number of aryl methyl sites for hydroxylation is 1. The van der Waals surface area contributed by atoms with Crippen LogP contribution in [0.15, 0.2) is 54.6 Å². The third kappa shape index (κ3) is 3.30. The zero-order chi connectivity index (χ0) is 19.0. The fourth-order valence-corrected chi connectivity index (χ4v) is 3.65. The minimum Gasteiger partial charge on any atom is -0.207 e. The van der Waals surface area contributed by atoms with Gasteiger partial charge in [-0.15, -0.1) is 0 Å². The van der Waals surface area contributed by atoms with E-state index in [1.165, 1.54) is 12.1 Å². The SMILES string of the molecule is CCc1ccc(C2=Cc3ccc(-c4ccc(F)cc4)c(F)c3CC2)c(F)c1. The molecule has 0 nitrogen and oxygen atoms in total. The zero-order valence-electron chi connectivity index (χ0n) is 15.0. The van der Waals surface area contributed by atoms with E-state index in [1.54, 1.807) is 24.3 Å². The summed E-state index contributed by atoms with van der Waals surface area (Å²) >= 11 is 0. The molecule has 27 heavy (non-hydrogen) atoms. The highest BCUT2D eigenvalue weighted by Crippen LogP contribution is 2.36. The Labute approximate surface area is 157 Å². The molecule has 3 aromatic rings. The first-order valence-electron chi connectivity index (χ1n) is 9.13. The lowest BCUT2D eigenvalue weighted by atomic mass is 9.86. The molecule has 0 aromatic heterocycles. The Kier molecular flexibility index (Phi) is 4.61. The van der Waals surface area contributed by atoms with Crippen LogP contribution in [0.3, 0.4) is 0 Å². The number of allylic oxidation sites excluding steroid dienone is 1. The molecule has 0 saturated carbocycles. The van der Waals surface area contributed by atoms with E-state index in [0.717, 1.165) is 23.1 Å². The van der Waals surface area contributed by atoms with Crippen molar-refractivity contribution in [1.82, 2.24) is 0 Å². The first kappa shape index (κ1) is 17.6. The lowest BCUT2D eigenvalue weighted by molar-refractivity contribution is 0.609. The number of benzene rings is 3. The molecular formula is C24H19F3. The van der Waals surface area contributed by atoms with Crippen LogP contribution in [-0.4, -0.2) is 0 Å². The lowest BCUT2D eigenvalue weighted by Crippen LogP contribution is -2.05. The van der Waals surface area contributed by atoms with Crippen molar-refractivity contribution in [2.45, 2.75) is 26.2 Å².